The number of hydrogen-bond donors (Lipinski definition) is 1. The van der Waals surface area contributed by atoms with Crippen molar-refractivity contribution in [3.05, 3.63) is 22.7 Å². The molecule has 4 nitrogen and oxygen atoms in total. The van der Waals surface area contributed by atoms with Crippen LogP contribution in [0, 0.1) is 0 Å². The first-order valence-electron chi connectivity index (χ1n) is 7.09. The van der Waals surface area contributed by atoms with Crippen molar-refractivity contribution < 1.29 is 9.47 Å². The Morgan fingerprint density at radius 2 is 2.05 bits per heavy atom. The first-order chi connectivity index (χ1) is 9.59. The smallest absolute Gasteiger partial charge is 0.231 e. The van der Waals surface area contributed by atoms with Crippen LogP contribution < -0.4 is 14.8 Å². The molecule has 0 amide bonds. The molecule has 20 heavy (non-hydrogen) atoms. The summed E-state index contributed by atoms with van der Waals surface area (Å²) in [5, 5.41) is 4.07. The molecular weight excluding hydrogens is 276 g/mol. The molecule has 1 aromatic rings. The summed E-state index contributed by atoms with van der Waals surface area (Å²) < 4.78 is 10.8. The van der Waals surface area contributed by atoms with Gasteiger partial charge in [-0.15, -0.1) is 0 Å². The molecule has 3 rings (SSSR count). The second-order valence-corrected chi connectivity index (χ2v) is 6.31. The van der Waals surface area contributed by atoms with Gasteiger partial charge in [-0.05, 0) is 44.5 Å². The lowest BCUT2D eigenvalue weighted by Crippen LogP contribution is -2.49. The molecule has 0 bridgehead atoms. The van der Waals surface area contributed by atoms with E-state index in [0.717, 1.165) is 25.4 Å². The summed E-state index contributed by atoms with van der Waals surface area (Å²) in [6, 6.07) is 4.03. The topological polar surface area (TPSA) is 33.7 Å². The maximum absolute atomic E-state index is 6.23. The number of halogens is 1. The Kier molecular flexibility index (Phi) is 3.80. The van der Waals surface area contributed by atoms with Crippen LogP contribution >= 0.6 is 11.6 Å². The van der Waals surface area contributed by atoms with Gasteiger partial charge < -0.3 is 14.8 Å². The zero-order valence-electron chi connectivity index (χ0n) is 12.0. The predicted octanol–water partition coefficient (Wildman–Crippen LogP) is 2.64. The summed E-state index contributed by atoms with van der Waals surface area (Å²) >= 11 is 6.23. The molecule has 2 heterocycles. The van der Waals surface area contributed by atoms with Crippen molar-refractivity contribution in [1.29, 1.82) is 0 Å². The number of hydrogen-bond acceptors (Lipinski definition) is 4. The van der Waals surface area contributed by atoms with Crippen molar-refractivity contribution in [3.8, 4) is 11.5 Å². The van der Waals surface area contributed by atoms with Crippen molar-refractivity contribution >= 4 is 11.6 Å². The average Bonchev–Trinajstić information content (AvgIpc) is 2.91. The van der Waals surface area contributed by atoms with E-state index in [1.807, 2.05) is 19.2 Å². The number of benzene rings is 1. The molecule has 110 valence electrons. The number of ether oxygens (including phenoxy) is 2. The van der Waals surface area contributed by atoms with Crippen LogP contribution in [0.1, 0.15) is 25.3 Å². The Hall–Kier alpha value is -0.970. The minimum Gasteiger partial charge on any atom is -0.454 e. The van der Waals surface area contributed by atoms with E-state index in [1.54, 1.807) is 0 Å². The molecule has 2 aliphatic heterocycles. The second-order valence-electron chi connectivity index (χ2n) is 5.90. The highest BCUT2D eigenvalue weighted by atomic mass is 35.5. The van der Waals surface area contributed by atoms with Crippen molar-refractivity contribution in [2.45, 2.75) is 31.8 Å². The Labute approximate surface area is 125 Å². The van der Waals surface area contributed by atoms with Crippen LogP contribution in [-0.2, 0) is 6.54 Å². The summed E-state index contributed by atoms with van der Waals surface area (Å²) in [5.41, 5.74) is 1.47. The molecule has 0 aliphatic carbocycles. The fourth-order valence-electron chi connectivity index (χ4n) is 2.82. The zero-order valence-corrected chi connectivity index (χ0v) is 12.8. The van der Waals surface area contributed by atoms with Gasteiger partial charge in [-0.2, -0.15) is 0 Å². The number of rotatable bonds is 3. The summed E-state index contributed by atoms with van der Waals surface area (Å²) in [7, 11) is 2.05. The molecule has 1 fully saturated rings. The van der Waals surface area contributed by atoms with E-state index < -0.39 is 0 Å². The molecule has 5 heteroatoms. The van der Waals surface area contributed by atoms with Crippen LogP contribution in [0.3, 0.4) is 0 Å². The average molecular weight is 297 g/mol. The monoisotopic (exact) mass is 296 g/mol. The third-order valence-electron chi connectivity index (χ3n) is 4.46. The normalized spacial score (nSPS) is 21.1. The van der Waals surface area contributed by atoms with E-state index in [-0.39, 0.29) is 12.3 Å². The molecule has 1 aromatic carbocycles. The quantitative estimate of drug-likeness (QED) is 0.930. The molecular formula is C15H21ClN2O2. The van der Waals surface area contributed by atoms with E-state index in [2.05, 4.69) is 17.1 Å². The number of nitrogens with one attached hydrogen (secondary N) is 1. The predicted molar refractivity (Wildman–Crippen MR) is 79.6 cm³/mol. The van der Waals surface area contributed by atoms with Crippen molar-refractivity contribution in [2.24, 2.45) is 0 Å². The summed E-state index contributed by atoms with van der Waals surface area (Å²) in [6.07, 6.45) is 2.34. The maximum atomic E-state index is 6.23. The van der Waals surface area contributed by atoms with Gasteiger partial charge in [-0.1, -0.05) is 11.6 Å². The summed E-state index contributed by atoms with van der Waals surface area (Å²) in [4.78, 5) is 2.47. The van der Waals surface area contributed by atoms with Crippen LogP contribution in [0.4, 0.5) is 0 Å². The standard InChI is InChI=1S/C15H21ClN2O2/c1-15(17-2)3-5-18(6-4-15)9-11-7-12(16)14-13(8-11)19-10-20-14/h7-8,17H,3-6,9-10H2,1-2H3. The molecule has 0 radical (unpaired) electrons. The van der Waals surface area contributed by atoms with Gasteiger partial charge in [0.25, 0.3) is 0 Å². The Morgan fingerprint density at radius 3 is 2.75 bits per heavy atom. The van der Waals surface area contributed by atoms with Crippen LogP contribution in [0.25, 0.3) is 0 Å². The lowest BCUT2D eigenvalue weighted by Gasteiger charge is -2.39. The van der Waals surface area contributed by atoms with Crippen LogP contribution in [0.15, 0.2) is 12.1 Å². The maximum Gasteiger partial charge on any atom is 0.231 e. The van der Waals surface area contributed by atoms with E-state index in [9.17, 15) is 0 Å². The SMILES string of the molecule is CNC1(C)CCN(Cc2cc(Cl)c3c(c2)OCO3)CC1. The van der Waals surface area contributed by atoms with E-state index >= 15 is 0 Å². The number of fused-ring (bicyclic) bond motifs is 1. The first kappa shape index (κ1) is 14.0. The molecule has 1 saturated heterocycles. The fourth-order valence-corrected chi connectivity index (χ4v) is 3.11. The molecule has 0 unspecified atom stereocenters. The molecule has 0 aromatic heterocycles. The molecule has 0 spiro atoms. The zero-order chi connectivity index (χ0) is 14.2. The van der Waals surface area contributed by atoms with E-state index in [1.165, 1.54) is 18.4 Å². The van der Waals surface area contributed by atoms with Gasteiger partial charge in [0.1, 0.15) is 0 Å². The Morgan fingerprint density at radius 1 is 1.30 bits per heavy atom. The van der Waals surface area contributed by atoms with Crippen molar-refractivity contribution in [3.63, 3.8) is 0 Å². The van der Waals surface area contributed by atoms with Crippen molar-refractivity contribution in [1.82, 2.24) is 10.2 Å². The van der Waals surface area contributed by atoms with Gasteiger partial charge in [0.05, 0.1) is 5.02 Å². The molecule has 0 saturated carbocycles. The van der Waals surface area contributed by atoms with E-state index in [0.29, 0.717) is 10.8 Å². The summed E-state index contributed by atoms with van der Waals surface area (Å²) in [6.45, 7) is 5.67. The molecule has 0 atom stereocenters. The van der Waals surface area contributed by atoms with Gasteiger partial charge in [0, 0.05) is 25.2 Å². The number of nitrogens with zero attached hydrogens (tertiary/aromatic N) is 1. The largest absolute Gasteiger partial charge is 0.454 e. The van der Waals surface area contributed by atoms with Gasteiger partial charge in [0.2, 0.25) is 6.79 Å². The third kappa shape index (κ3) is 2.73. The molecule has 2 aliphatic rings. The second kappa shape index (κ2) is 5.43. The Bertz CT molecular complexity index is 499. The van der Waals surface area contributed by atoms with Crippen LogP contribution in [0.5, 0.6) is 11.5 Å². The number of piperidine rings is 1. The van der Waals surface area contributed by atoms with E-state index in [4.69, 9.17) is 21.1 Å². The van der Waals surface area contributed by atoms with Crippen molar-refractivity contribution in [2.75, 3.05) is 26.9 Å². The lowest BCUT2D eigenvalue weighted by molar-refractivity contribution is 0.146. The minimum atomic E-state index is 0.267. The Balaban J connectivity index is 1.66. The fraction of sp³-hybridized carbons (Fsp3) is 0.600. The van der Waals surface area contributed by atoms with Crippen LogP contribution in [-0.4, -0.2) is 37.4 Å². The summed E-state index contributed by atoms with van der Waals surface area (Å²) in [5.74, 6) is 1.45. The van der Waals surface area contributed by atoms with Crippen LogP contribution in [0.2, 0.25) is 5.02 Å². The van der Waals surface area contributed by atoms with Gasteiger partial charge in [0.15, 0.2) is 11.5 Å². The molecule has 1 N–H and O–H groups in total. The number of likely N-dealkylation sites (tertiary alicyclic amines) is 1. The highest BCUT2D eigenvalue weighted by Crippen LogP contribution is 2.40. The first-order valence-corrected chi connectivity index (χ1v) is 7.47. The highest BCUT2D eigenvalue weighted by molar-refractivity contribution is 6.32. The van der Waals surface area contributed by atoms with Gasteiger partial charge in [-0.25, -0.2) is 0 Å². The van der Waals surface area contributed by atoms with Gasteiger partial charge >= 0.3 is 0 Å². The minimum absolute atomic E-state index is 0.267. The highest BCUT2D eigenvalue weighted by Gasteiger charge is 2.28. The lowest BCUT2D eigenvalue weighted by atomic mass is 9.90. The third-order valence-corrected chi connectivity index (χ3v) is 4.74. The van der Waals surface area contributed by atoms with Gasteiger partial charge in [-0.3, -0.25) is 4.90 Å².